The lowest BCUT2D eigenvalue weighted by Crippen LogP contribution is -2.08. The molecule has 76 valence electrons. The molecule has 1 aliphatic carbocycles. The number of rotatable bonds is 2. The molecule has 0 saturated heterocycles. The zero-order chi connectivity index (χ0) is 10.1. The summed E-state index contributed by atoms with van der Waals surface area (Å²) in [6, 6.07) is 0. The highest BCUT2D eigenvalue weighted by Gasteiger charge is 2.27. The second kappa shape index (κ2) is 3.40. The molecule has 5 nitrogen and oxygen atoms in total. The molecule has 5 heteroatoms. The van der Waals surface area contributed by atoms with Crippen LogP contribution in [0, 0.1) is 0 Å². The first kappa shape index (κ1) is 9.18. The van der Waals surface area contributed by atoms with Gasteiger partial charge in [-0.25, -0.2) is 4.79 Å². The fraction of sp³-hybridized carbons (Fsp3) is 0.667. The number of carboxylic acid groups (broad SMARTS) is 1. The van der Waals surface area contributed by atoms with Crippen molar-refractivity contribution in [3.63, 3.8) is 0 Å². The van der Waals surface area contributed by atoms with Gasteiger partial charge < -0.3 is 5.11 Å². The first-order valence-electron chi connectivity index (χ1n) is 4.83. The summed E-state index contributed by atoms with van der Waals surface area (Å²) < 4.78 is 1.60. The van der Waals surface area contributed by atoms with Gasteiger partial charge in [0.25, 0.3) is 0 Å². The summed E-state index contributed by atoms with van der Waals surface area (Å²) in [5.41, 5.74) is 0.911. The highest BCUT2D eigenvalue weighted by atomic mass is 16.4. The summed E-state index contributed by atoms with van der Waals surface area (Å²) in [7, 11) is 1.76. The third kappa shape index (κ3) is 1.38. The van der Waals surface area contributed by atoms with E-state index < -0.39 is 5.97 Å². The first-order valence-corrected chi connectivity index (χ1v) is 4.83. The van der Waals surface area contributed by atoms with Crippen molar-refractivity contribution in [2.75, 3.05) is 0 Å². The van der Waals surface area contributed by atoms with E-state index in [-0.39, 0.29) is 5.69 Å². The maximum Gasteiger partial charge on any atom is 0.358 e. The minimum Gasteiger partial charge on any atom is -0.476 e. The number of aromatic nitrogens is 3. The van der Waals surface area contributed by atoms with Crippen LogP contribution in [0.15, 0.2) is 0 Å². The smallest absolute Gasteiger partial charge is 0.358 e. The fourth-order valence-electron chi connectivity index (χ4n) is 2.17. The van der Waals surface area contributed by atoms with Crippen molar-refractivity contribution in [3.8, 4) is 0 Å². The number of aryl methyl sites for hydroxylation is 1. The number of nitrogens with zero attached hydrogens (tertiary/aromatic N) is 3. The minimum atomic E-state index is -0.972. The number of aromatic carboxylic acids is 1. The van der Waals surface area contributed by atoms with Crippen LogP contribution in [0.4, 0.5) is 0 Å². The molecule has 2 rings (SSSR count). The predicted octanol–water partition coefficient (Wildman–Crippen LogP) is 1.17. The molecule has 0 aliphatic heterocycles. The van der Waals surface area contributed by atoms with Crippen LogP contribution in [-0.4, -0.2) is 26.1 Å². The van der Waals surface area contributed by atoms with Gasteiger partial charge in [0, 0.05) is 13.0 Å². The Hall–Kier alpha value is -1.39. The van der Waals surface area contributed by atoms with Gasteiger partial charge in [-0.05, 0) is 12.8 Å². The number of hydrogen-bond donors (Lipinski definition) is 1. The standard InChI is InChI=1S/C9H13N3O2/c1-12-8(6-4-2-3-5-6)7(9(13)14)10-11-12/h6H,2-5H2,1H3,(H,13,14). The van der Waals surface area contributed by atoms with Gasteiger partial charge in [-0.1, -0.05) is 18.1 Å². The van der Waals surface area contributed by atoms with Crippen molar-refractivity contribution in [2.24, 2.45) is 7.05 Å². The maximum atomic E-state index is 10.9. The van der Waals surface area contributed by atoms with Crippen molar-refractivity contribution in [2.45, 2.75) is 31.6 Å². The Balaban J connectivity index is 2.38. The van der Waals surface area contributed by atoms with Crippen LogP contribution in [0.2, 0.25) is 0 Å². The van der Waals surface area contributed by atoms with Gasteiger partial charge >= 0.3 is 5.97 Å². The normalized spacial score (nSPS) is 17.5. The molecule has 0 atom stereocenters. The Bertz CT molecular complexity index is 353. The topological polar surface area (TPSA) is 68.0 Å². The summed E-state index contributed by atoms with van der Waals surface area (Å²) in [5.74, 6) is -0.638. The molecule has 0 spiro atoms. The van der Waals surface area contributed by atoms with Gasteiger partial charge in [0.1, 0.15) is 0 Å². The van der Waals surface area contributed by atoms with Crippen molar-refractivity contribution < 1.29 is 9.90 Å². The van der Waals surface area contributed by atoms with Crippen LogP contribution in [0.3, 0.4) is 0 Å². The summed E-state index contributed by atoms with van der Waals surface area (Å²) in [6.07, 6.45) is 4.47. The van der Waals surface area contributed by atoms with E-state index in [2.05, 4.69) is 10.3 Å². The first-order chi connectivity index (χ1) is 6.70. The molecule has 0 radical (unpaired) electrons. The predicted molar refractivity (Wildman–Crippen MR) is 49.2 cm³/mol. The van der Waals surface area contributed by atoms with Gasteiger partial charge in [-0.3, -0.25) is 4.68 Å². The van der Waals surface area contributed by atoms with Crippen molar-refractivity contribution in [3.05, 3.63) is 11.4 Å². The Morgan fingerprint density at radius 2 is 2.14 bits per heavy atom. The Morgan fingerprint density at radius 1 is 1.50 bits per heavy atom. The molecule has 0 aromatic carbocycles. The largest absolute Gasteiger partial charge is 0.476 e. The third-order valence-corrected chi connectivity index (χ3v) is 2.81. The van der Waals surface area contributed by atoms with E-state index in [0.29, 0.717) is 5.92 Å². The lowest BCUT2D eigenvalue weighted by Gasteiger charge is -2.08. The van der Waals surface area contributed by atoms with Crippen LogP contribution < -0.4 is 0 Å². The van der Waals surface area contributed by atoms with Crippen molar-refractivity contribution in [1.29, 1.82) is 0 Å². The average molecular weight is 195 g/mol. The molecule has 1 aromatic rings. The molecule has 1 N–H and O–H groups in total. The van der Waals surface area contributed by atoms with Crippen molar-refractivity contribution in [1.82, 2.24) is 15.0 Å². The fourth-order valence-corrected chi connectivity index (χ4v) is 2.17. The number of carboxylic acids is 1. The Labute approximate surface area is 81.7 Å². The zero-order valence-corrected chi connectivity index (χ0v) is 8.10. The molecule has 1 aliphatic rings. The second-order valence-electron chi connectivity index (χ2n) is 3.73. The lowest BCUT2D eigenvalue weighted by atomic mass is 10.0. The molecule has 14 heavy (non-hydrogen) atoms. The van der Waals surface area contributed by atoms with Crippen LogP contribution >= 0.6 is 0 Å². The Kier molecular flexibility index (Phi) is 2.23. The van der Waals surface area contributed by atoms with E-state index >= 15 is 0 Å². The summed E-state index contributed by atoms with van der Waals surface area (Å²) in [4.78, 5) is 10.9. The van der Waals surface area contributed by atoms with Crippen LogP contribution in [-0.2, 0) is 7.05 Å². The second-order valence-corrected chi connectivity index (χ2v) is 3.73. The SMILES string of the molecule is Cn1nnc(C(=O)O)c1C1CCCC1. The van der Waals surface area contributed by atoms with Crippen LogP contribution in [0.25, 0.3) is 0 Å². The average Bonchev–Trinajstić information content (AvgIpc) is 2.71. The van der Waals surface area contributed by atoms with E-state index in [1.807, 2.05) is 0 Å². The molecular weight excluding hydrogens is 182 g/mol. The molecule has 0 unspecified atom stereocenters. The molecular formula is C9H13N3O2. The quantitative estimate of drug-likeness (QED) is 0.769. The monoisotopic (exact) mass is 195 g/mol. The minimum absolute atomic E-state index is 0.124. The molecule has 0 bridgehead atoms. The van der Waals surface area contributed by atoms with E-state index in [9.17, 15) is 4.79 Å². The summed E-state index contributed by atoms with van der Waals surface area (Å²) in [6.45, 7) is 0. The molecule has 0 amide bonds. The van der Waals surface area contributed by atoms with Gasteiger partial charge in [0.2, 0.25) is 0 Å². The van der Waals surface area contributed by atoms with E-state index in [1.54, 1.807) is 11.7 Å². The molecule has 1 heterocycles. The van der Waals surface area contributed by atoms with Gasteiger partial charge in [0.15, 0.2) is 5.69 Å². The number of hydrogen-bond acceptors (Lipinski definition) is 3. The van der Waals surface area contributed by atoms with E-state index in [1.165, 1.54) is 12.8 Å². The van der Waals surface area contributed by atoms with Gasteiger partial charge in [-0.15, -0.1) is 5.10 Å². The third-order valence-electron chi connectivity index (χ3n) is 2.81. The van der Waals surface area contributed by atoms with Crippen LogP contribution in [0.5, 0.6) is 0 Å². The van der Waals surface area contributed by atoms with Gasteiger partial charge in [0.05, 0.1) is 5.69 Å². The highest BCUT2D eigenvalue weighted by Crippen LogP contribution is 2.34. The van der Waals surface area contributed by atoms with Crippen LogP contribution in [0.1, 0.15) is 47.8 Å². The summed E-state index contributed by atoms with van der Waals surface area (Å²) in [5, 5.41) is 16.4. The van der Waals surface area contributed by atoms with E-state index in [4.69, 9.17) is 5.11 Å². The highest BCUT2D eigenvalue weighted by molar-refractivity contribution is 5.86. The van der Waals surface area contributed by atoms with Crippen molar-refractivity contribution >= 4 is 5.97 Å². The molecule has 1 aromatic heterocycles. The molecule has 1 saturated carbocycles. The number of carbonyl (C=O) groups is 1. The van der Waals surface area contributed by atoms with Gasteiger partial charge in [-0.2, -0.15) is 0 Å². The lowest BCUT2D eigenvalue weighted by molar-refractivity contribution is 0.0688. The zero-order valence-electron chi connectivity index (χ0n) is 8.10. The van der Waals surface area contributed by atoms with E-state index in [0.717, 1.165) is 18.5 Å². The Morgan fingerprint density at radius 3 is 2.71 bits per heavy atom. The summed E-state index contributed by atoms with van der Waals surface area (Å²) >= 11 is 0. The maximum absolute atomic E-state index is 10.9. The molecule has 1 fully saturated rings.